The Hall–Kier alpha value is -4.50. The topological polar surface area (TPSA) is 316 Å². The molecule has 11 N–H and O–H groups in total. The fraction of sp³-hybridized carbons (Fsp3) is 0.769. The van der Waals surface area contributed by atoms with E-state index in [9.17, 15) is 48.6 Å². The zero-order valence-electron chi connectivity index (χ0n) is 36.6. The molecule has 20 nitrogen and oxygen atoms in total. The number of likely N-dealkylation sites (tertiary alicyclic amines) is 1. The lowest BCUT2D eigenvalue weighted by Crippen LogP contribution is -2.61. The van der Waals surface area contributed by atoms with Crippen LogP contribution in [0.15, 0.2) is 0 Å². The molecule has 0 aliphatic carbocycles. The first-order chi connectivity index (χ1) is 27.8. The number of carboxylic acid groups (broad SMARTS) is 2. The zero-order valence-corrected chi connectivity index (χ0v) is 37.5. The number of hydrogen-bond donors (Lipinski definition) is 11. The third-order valence-corrected chi connectivity index (χ3v) is 10.4. The highest BCUT2D eigenvalue weighted by Gasteiger charge is 2.40. The summed E-state index contributed by atoms with van der Waals surface area (Å²) >= 11 is 4.28. The molecule has 10 unspecified atom stereocenters. The Bertz CT molecular complexity index is 1480. The van der Waals surface area contributed by atoms with Gasteiger partial charge in [0, 0.05) is 19.2 Å². The first-order valence-corrected chi connectivity index (χ1v) is 21.0. The number of carbonyl (C=O) groups excluding carboxylic acids is 7. The van der Waals surface area contributed by atoms with Crippen LogP contribution in [0, 0.1) is 23.7 Å². The summed E-state index contributed by atoms with van der Waals surface area (Å²) in [6.45, 7) is 16.2. The first kappa shape index (κ1) is 55.5. The molecule has 10 atom stereocenters. The highest BCUT2D eigenvalue weighted by atomic mass is 32.1. The van der Waals surface area contributed by atoms with Crippen molar-refractivity contribution in [3.63, 3.8) is 0 Å². The van der Waals surface area contributed by atoms with Crippen LogP contribution in [0.1, 0.15) is 101 Å². The molecule has 0 spiro atoms. The molecule has 0 saturated carbocycles. The summed E-state index contributed by atoms with van der Waals surface area (Å²) in [6, 6.07) is -7.83. The molecule has 7 amide bonds. The number of aliphatic carboxylic acids is 2. The molecule has 344 valence electrons. The molecule has 60 heavy (non-hydrogen) atoms. The lowest BCUT2D eigenvalue weighted by molar-refractivity contribution is -0.146. The number of thiol groups is 1. The number of aliphatic hydroxyl groups is 1. The van der Waals surface area contributed by atoms with E-state index < -0.39 is 120 Å². The minimum Gasteiger partial charge on any atom is -0.481 e. The van der Waals surface area contributed by atoms with E-state index in [1.165, 1.54) is 11.8 Å². The van der Waals surface area contributed by atoms with E-state index in [4.69, 9.17) is 15.6 Å². The molecule has 1 rings (SSSR count). The van der Waals surface area contributed by atoms with Crippen molar-refractivity contribution >= 4 is 65.9 Å². The molecule has 0 aromatic rings. The van der Waals surface area contributed by atoms with E-state index in [0.717, 1.165) is 6.92 Å². The second-order valence-corrected chi connectivity index (χ2v) is 16.4. The van der Waals surface area contributed by atoms with Gasteiger partial charge in [0.2, 0.25) is 41.4 Å². The highest BCUT2D eigenvalue weighted by molar-refractivity contribution is 7.80. The number of aliphatic hydroxyl groups excluding tert-OH is 1. The quantitative estimate of drug-likeness (QED) is 0.0557. The number of nitrogens with zero attached hydrogens (tertiary/aromatic N) is 1. The fourth-order valence-electron chi connectivity index (χ4n) is 6.07. The maximum atomic E-state index is 13.7. The number of nitrogens with two attached hydrogens (primary N) is 1. The minimum absolute atomic E-state index is 0.0232. The second kappa shape index (κ2) is 27.4. The Morgan fingerprint density at radius 2 is 1.25 bits per heavy atom. The fourth-order valence-corrected chi connectivity index (χ4v) is 6.32. The number of amides is 7. The van der Waals surface area contributed by atoms with E-state index in [1.54, 1.807) is 27.7 Å². The third kappa shape index (κ3) is 18.8. The molecule has 0 radical (unpaired) electrons. The van der Waals surface area contributed by atoms with Gasteiger partial charge < -0.3 is 57.9 Å². The van der Waals surface area contributed by atoms with Crippen LogP contribution in [0.5, 0.6) is 0 Å². The molecule has 0 aromatic heterocycles. The Kier molecular flexibility index (Phi) is 25.3. The van der Waals surface area contributed by atoms with Gasteiger partial charge in [-0.1, -0.05) is 68.2 Å². The summed E-state index contributed by atoms with van der Waals surface area (Å²) in [5.41, 5.74) is 5.70. The van der Waals surface area contributed by atoms with Crippen molar-refractivity contribution in [2.75, 3.05) is 18.8 Å². The van der Waals surface area contributed by atoms with Gasteiger partial charge in [-0.05, 0) is 49.9 Å². The summed E-state index contributed by atoms with van der Waals surface area (Å²) in [7, 11) is 0. The van der Waals surface area contributed by atoms with Crippen molar-refractivity contribution in [2.45, 2.75) is 150 Å². The summed E-state index contributed by atoms with van der Waals surface area (Å²) in [5.74, 6) is -8.06. The second-order valence-electron chi connectivity index (χ2n) is 16.0. The Morgan fingerprint density at radius 1 is 0.733 bits per heavy atom. The first-order valence-electron chi connectivity index (χ1n) is 20.4. The third-order valence-electron chi connectivity index (χ3n) is 10.1. The molecule has 1 heterocycles. The van der Waals surface area contributed by atoms with Crippen LogP contribution >= 0.6 is 12.6 Å². The number of hydrogen-bond acceptors (Lipinski definition) is 12. The van der Waals surface area contributed by atoms with Crippen molar-refractivity contribution in [1.82, 2.24) is 36.8 Å². The van der Waals surface area contributed by atoms with Gasteiger partial charge in [0.25, 0.3) is 5.97 Å². The van der Waals surface area contributed by atoms with E-state index in [-0.39, 0.29) is 30.6 Å². The van der Waals surface area contributed by atoms with Crippen LogP contribution in [0.2, 0.25) is 0 Å². The normalized spacial score (nSPS) is 18.1. The van der Waals surface area contributed by atoms with Gasteiger partial charge in [-0.2, -0.15) is 12.6 Å². The number of nitrogens with one attached hydrogen (secondary N) is 6. The Balaban J connectivity index is 0.00000829. The Morgan fingerprint density at radius 3 is 1.72 bits per heavy atom. The predicted molar refractivity (Wildman–Crippen MR) is 225 cm³/mol. The van der Waals surface area contributed by atoms with Crippen molar-refractivity contribution in [1.29, 1.82) is 0 Å². The average Bonchev–Trinajstić information content (AvgIpc) is 3.67. The minimum atomic E-state index is -1.26. The molecule has 0 aromatic carbocycles. The highest BCUT2D eigenvalue weighted by Crippen LogP contribution is 2.20. The maximum absolute atomic E-state index is 13.7. The van der Waals surface area contributed by atoms with Crippen LogP contribution in [0.3, 0.4) is 0 Å². The molecule has 1 aliphatic heterocycles. The monoisotopic (exact) mass is 874 g/mol. The van der Waals surface area contributed by atoms with Gasteiger partial charge in [0.05, 0.1) is 12.6 Å². The van der Waals surface area contributed by atoms with Crippen LogP contribution in [-0.4, -0.2) is 141 Å². The van der Waals surface area contributed by atoms with Gasteiger partial charge in [-0.15, -0.1) is 0 Å². The molecule has 21 heteroatoms. The molecular weight excluding hydrogens is 805 g/mol. The van der Waals surface area contributed by atoms with Gasteiger partial charge >= 0.3 is 5.97 Å². The number of carboxylic acids is 2. The van der Waals surface area contributed by atoms with Gasteiger partial charge in [-0.3, -0.25) is 38.4 Å². The SMILES string of the molecule is CC(=O)O.CCC(C)C(NC(=O)C1CCCN1C(=O)C(CS)NC(=O)C(NC(=O)C(NC(=O)CNC(=O)C(CC(C)C)NC(=O)C(N)C(C)O)C(C)CC)C(C)C)C(=O)O. The summed E-state index contributed by atoms with van der Waals surface area (Å²) in [5, 5.41) is 42.2. The van der Waals surface area contributed by atoms with Crippen molar-refractivity contribution in [3.8, 4) is 0 Å². The van der Waals surface area contributed by atoms with E-state index >= 15 is 0 Å². The van der Waals surface area contributed by atoms with Crippen molar-refractivity contribution in [2.24, 2.45) is 29.4 Å². The molecular formula is C39H70N8O12S. The largest absolute Gasteiger partial charge is 0.481 e. The zero-order chi connectivity index (χ0) is 46.6. The van der Waals surface area contributed by atoms with Crippen LogP contribution in [-0.2, 0) is 43.2 Å². The average molecular weight is 875 g/mol. The van der Waals surface area contributed by atoms with E-state index in [0.29, 0.717) is 25.7 Å². The molecule has 0 bridgehead atoms. The summed E-state index contributed by atoms with van der Waals surface area (Å²) in [4.78, 5) is 115. The van der Waals surface area contributed by atoms with Gasteiger partial charge in [-0.25, -0.2) is 4.79 Å². The van der Waals surface area contributed by atoms with E-state index in [2.05, 4.69) is 44.5 Å². The van der Waals surface area contributed by atoms with Crippen LogP contribution < -0.4 is 37.6 Å². The molecule has 1 fully saturated rings. The predicted octanol–water partition coefficient (Wildman–Crippen LogP) is -0.875. The van der Waals surface area contributed by atoms with Crippen LogP contribution in [0.25, 0.3) is 0 Å². The summed E-state index contributed by atoms with van der Waals surface area (Å²) in [6.07, 6.45) is 0.838. The lowest BCUT2D eigenvalue weighted by Gasteiger charge is -2.31. The Labute approximate surface area is 358 Å². The molecule has 1 saturated heterocycles. The summed E-state index contributed by atoms with van der Waals surface area (Å²) < 4.78 is 0. The number of rotatable bonds is 23. The van der Waals surface area contributed by atoms with Crippen LogP contribution in [0.4, 0.5) is 0 Å². The van der Waals surface area contributed by atoms with Gasteiger partial charge in [0.1, 0.15) is 42.3 Å². The lowest BCUT2D eigenvalue weighted by atomic mass is 9.96. The standard InChI is InChI=1S/C37H66N8O10S.C2H4O2/c1-10-20(7)29(42-26(47)16-39-31(48)23(15-18(3)4)40-33(50)27(38)22(9)46)35(52)43-28(19(5)6)34(51)41-24(17-56)36(53)45-14-12-13-25(45)32(49)44-30(37(54)55)21(8)11-2;1-2(3)4/h18-25,27-30,46,56H,10-17,38H2,1-9H3,(H,39,48)(H,40,50)(H,41,51)(H,42,47)(H,43,52)(H,44,49)(H,54,55);1H3,(H,3,4). The molecule has 1 aliphatic rings. The van der Waals surface area contributed by atoms with Crippen molar-refractivity contribution in [3.05, 3.63) is 0 Å². The maximum Gasteiger partial charge on any atom is 0.326 e. The number of carbonyl (C=O) groups is 9. The van der Waals surface area contributed by atoms with Crippen molar-refractivity contribution < 1.29 is 58.5 Å². The smallest absolute Gasteiger partial charge is 0.326 e. The van der Waals surface area contributed by atoms with Gasteiger partial charge in [0.15, 0.2) is 0 Å². The van der Waals surface area contributed by atoms with E-state index in [1.807, 2.05) is 27.7 Å².